The maximum absolute atomic E-state index is 11.8. The maximum Gasteiger partial charge on any atom is 0.344 e. The summed E-state index contributed by atoms with van der Waals surface area (Å²) >= 11 is 5.93. The highest BCUT2D eigenvalue weighted by molar-refractivity contribution is 6.31. The first kappa shape index (κ1) is 20.6. The van der Waals surface area contributed by atoms with Crippen LogP contribution in [0.4, 0.5) is 5.69 Å². The zero-order valence-electron chi connectivity index (χ0n) is 15.6. The first-order chi connectivity index (χ1) is 12.8. The van der Waals surface area contributed by atoms with Gasteiger partial charge in [-0.3, -0.25) is 4.79 Å². The monoisotopic (exact) mass is 390 g/mol. The topological polar surface area (TPSA) is 67.9 Å². The van der Waals surface area contributed by atoms with E-state index in [4.69, 9.17) is 21.1 Å². The number of halogens is 1. The maximum atomic E-state index is 11.8. The third-order valence-corrected chi connectivity index (χ3v) is 4.22. The van der Waals surface area contributed by atoms with Crippen LogP contribution in [0.25, 0.3) is 0 Å². The van der Waals surface area contributed by atoms with Crippen molar-refractivity contribution < 1.29 is 19.1 Å². The zero-order valence-corrected chi connectivity index (χ0v) is 16.4. The number of nitrogens with one attached hydrogen (secondary N) is 1. The molecule has 27 heavy (non-hydrogen) atoms. The molecule has 1 amide bonds. The van der Waals surface area contributed by atoms with Gasteiger partial charge in [-0.25, -0.2) is 4.79 Å². The summed E-state index contributed by atoms with van der Waals surface area (Å²) in [5.74, 6) is -0.477. The molecule has 7 heteroatoms. The number of anilines is 1. The van der Waals surface area contributed by atoms with Gasteiger partial charge < -0.3 is 19.7 Å². The molecule has 0 aromatic heterocycles. The zero-order chi connectivity index (χ0) is 19.8. The molecule has 0 aliphatic carbocycles. The summed E-state index contributed by atoms with van der Waals surface area (Å²) in [5, 5.41) is 3.33. The average Bonchev–Trinajstić information content (AvgIpc) is 2.66. The fourth-order valence-corrected chi connectivity index (χ4v) is 2.32. The van der Waals surface area contributed by atoms with Gasteiger partial charge in [0.2, 0.25) is 0 Å². The lowest BCUT2D eigenvalue weighted by Gasteiger charge is -2.13. The molecule has 0 heterocycles. The smallest absolute Gasteiger partial charge is 0.344 e. The summed E-state index contributed by atoms with van der Waals surface area (Å²) in [7, 11) is 3.92. The Morgan fingerprint density at radius 1 is 1.07 bits per heavy atom. The van der Waals surface area contributed by atoms with Crippen LogP contribution in [-0.4, -0.2) is 39.2 Å². The van der Waals surface area contributed by atoms with Crippen molar-refractivity contribution in [3.63, 3.8) is 0 Å². The molecule has 0 bridgehead atoms. The van der Waals surface area contributed by atoms with E-state index in [0.29, 0.717) is 17.3 Å². The Morgan fingerprint density at radius 2 is 1.78 bits per heavy atom. The lowest BCUT2D eigenvalue weighted by atomic mass is 10.2. The Balaban J connectivity index is 1.68. The highest BCUT2D eigenvalue weighted by Crippen LogP contribution is 2.20. The van der Waals surface area contributed by atoms with Crippen LogP contribution in [-0.2, 0) is 20.9 Å². The summed E-state index contributed by atoms with van der Waals surface area (Å²) < 4.78 is 10.2. The van der Waals surface area contributed by atoms with E-state index < -0.39 is 5.97 Å². The van der Waals surface area contributed by atoms with Crippen molar-refractivity contribution in [2.75, 3.05) is 32.2 Å². The fourth-order valence-electron chi connectivity index (χ4n) is 2.20. The minimum atomic E-state index is -0.618. The van der Waals surface area contributed by atoms with E-state index in [1.807, 2.05) is 50.2 Å². The van der Waals surface area contributed by atoms with Crippen molar-refractivity contribution >= 4 is 29.2 Å². The van der Waals surface area contributed by atoms with E-state index >= 15 is 0 Å². The van der Waals surface area contributed by atoms with Crippen molar-refractivity contribution in [2.45, 2.75) is 13.5 Å². The standard InChI is InChI=1S/C20H23ClN2O4/c1-14-10-17(8-9-18(14)21)26-13-20(25)27-12-19(24)22-11-15-4-6-16(7-5-15)23(2)3/h4-10H,11-13H2,1-3H3,(H,22,24). The molecule has 2 rings (SSSR count). The SMILES string of the molecule is Cc1cc(OCC(=O)OCC(=O)NCc2ccc(N(C)C)cc2)ccc1Cl. The van der Waals surface area contributed by atoms with Gasteiger partial charge in [-0.1, -0.05) is 23.7 Å². The third kappa shape index (κ3) is 6.83. The molecule has 0 unspecified atom stereocenters. The van der Waals surface area contributed by atoms with Crippen LogP contribution in [0.1, 0.15) is 11.1 Å². The number of benzene rings is 2. The van der Waals surface area contributed by atoms with E-state index in [-0.39, 0.29) is 19.1 Å². The normalized spacial score (nSPS) is 10.2. The van der Waals surface area contributed by atoms with Gasteiger partial charge >= 0.3 is 5.97 Å². The minimum Gasteiger partial charge on any atom is -0.482 e. The molecule has 6 nitrogen and oxygen atoms in total. The Kier molecular flexibility index (Phi) is 7.49. The Morgan fingerprint density at radius 3 is 2.41 bits per heavy atom. The van der Waals surface area contributed by atoms with E-state index in [0.717, 1.165) is 16.8 Å². The number of amides is 1. The van der Waals surface area contributed by atoms with Crippen LogP contribution < -0.4 is 15.0 Å². The summed E-state index contributed by atoms with van der Waals surface area (Å²) in [6, 6.07) is 12.9. The molecular formula is C20H23ClN2O4. The fraction of sp³-hybridized carbons (Fsp3) is 0.300. The summed E-state index contributed by atoms with van der Waals surface area (Å²) in [5.41, 5.74) is 2.89. The first-order valence-corrected chi connectivity index (χ1v) is 8.80. The predicted molar refractivity (Wildman–Crippen MR) is 105 cm³/mol. The van der Waals surface area contributed by atoms with Crippen LogP contribution in [0.15, 0.2) is 42.5 Å². The molecule has 2 aromatic carbocycles. The van der Waals surface area contributed by atoms with Crippen LogP contribution in [0.2, 0.25) is 5.02 Å². The van der Waals surface area contributed by atoms with Crippen LogP contribution in [0.5, 0.6) is 5.75 Å². The predicted octanol–water partition coefficient (Wildman–Crippen LogP) is 2.95. The highest BCUT2D eigenvalue weighted by Gasteiger charge is 2.09. The molecular weight excluding hydrogens is 368 g/mol. The molecule has 0 saturated heterocycles. The van der Waals surface area contributed by atoms with Gasteiger partial charge in [-0.2, -0.15) is 0 Å². The first-order valence-electron chi connectivity index (χ1n) is 8.42. The lowest BCUT2D eigenvalue weighted by Crippen LogP contribution is -2.29. The van der Waals surface area contributed by atoms with Crippen LogP contribution in [0.3, 0.4) is 0 Å². The molecule has 0 aliphatic rings. The number of hydrogen-bond donors (Lipinski definition) is 1. The number of hydrogen-bond acceptors (Lipinski definition) is 5. The van der Waals surface area contributed by atoms with Crippen molar-refractivity contribution in [2.24, 2.45) is 0 Å². The molecule has 0 saturated carbocycles. The second kappa shape index (κ2) is 9.83. The van der Waals surface area contributed by atoms with Crippen LogP contribution >= 0.6 is 11.6 Å². The van der Waals surface area contributed by atoms with Gasteiger partial charge in [0.05, 0.1) is 0 Å². The number of carbonyl (C=O) groups is 2. The van der Waals surface area contributed by atoms with Gasteiger partial charge in [0.15, 0.2) is 13.2 Å². The summed E-state index contributed by atoms with van der Waals surface area (Å²) in [4.78, 5) is 25.5. The van der Waals surface area contributed by atoms with Gasteiger partial charge in [0.1, 0.15) is 5.75 Å². The van der Waals surface area contributed by atoms with Gasteiger partial charge in [0, 0.05) is 31.4 Å². The third-order valence-electron chi connectivity index (χ3n) is 3.79. The van der Waals surface area contributed by atoms with E-state index in [1.54, 1.807) is 18.2 Å². The minimum absolute atomic E-state index is 0.277. The quantitative estimate of drug-likeness (QED) is 0.702. The van der Waals surface area contributed by atoms with E-state index in [9.17, 15) is 9.59 Å². The molecule has 144 valence electrons. The molecule has 0 fully saturated rings. The average molecular weight is 391 g/mol. The Bertz CT molecular complexity index is 791. The van der Waals surface area contributed by atoms with Gasteiger partial charge in [-0.15, -0.1) is 0 Å². The largest absolute Gasteiger partial charge is 0.482 e. The summed E-state index contributed by atoms with van der Waals surface area (Å²) in [6.07, 6.45) is 0. The highest BCUT2D eigenvalue weighted by atomic mass is 35.5. The number of esters is 1. The second-order valence-electron chi connectivity index (χ2n) is 6.20. The number of nitrogens with zero attached hydrogens (tertiary/aromatic N) is 1. The second-order valence-corrected chi connectivity index (χ2v) is 6.61. The number of rotatable bonds is 8. The molecule has 0 aliphatic heterocycles. The Hall–Kier alpha value is -2.73. The molecule has 1 N–H and O–H groups in total. The van der Waals surface area contributed by atoms with Crippen molar-refractivity contribution in [3.8, 4) is 5.75 Å². The lowest BCUT2D eigenvalue weighted by molar-refractivity contribution is -0.150. The van der Waals surface area contributed by atoms with Gasteiger partial charge in [0.25, 0.3) is 5.91 Å². The number of carbonyl (C=O) groups excluding carboxylic acids is 2. The van der Waals surface area contributed by atoms with Crippen molar-refractivity contribution in [1.82, 2.24) is 5.32 Å². The molecule has 0 atom stereocenters. The van der Waals surface area contributed by atoms with E-state index in [1.165, 1.54) is 0 Å². The van der Waals surface area contributed by atoms with E-state index in [2.05, 4.69) is 5.32 Å². The van der Waals surface area contributed by atoms with Crippen molar-refractivity contribution in [3.05, 3.63) is 58.6 Å². The number of aryl methyl sites for hydroxylation is 1. The van der Waals surface area contributed by atoms with Crippen molar-refractivity contribution in [1.29, 1.82) is 0 Å². The number of ether oxygens (including phenoxy) is 2. The Labute approximate surface area is 164 Å². The molecule has 2 aromatic rings. The molecule has 0 spiro atoms. The van der Waals surface area contributed by atoms with Crippen LogP contribution in [0, 0.1) is 6.92 Å². The van der Waals surface area contributed by atoms with Gasteiger partial charge in [-0.05, 0) is 48.4 Å². The molecule has 0 radical (unpaired) electrons. The summed E-state index contributed by atoms with van der Waals surface area (Å²) in [6.45, 7) is 1.58.